The zero-order valence-electron chi connectivity index (χ0n) is 49.8. The van der Waals surface area contributed by atoms with Crippen LogP contribution in [-0.2, 0) is 10.8 Å². The summed E-state index contributed by atoms with van der Waals surface area (Å²) < 4.78 is 0. The van der Waals surface area contributed by atoms with E-state index >= 15 is 0 Å². The van der Waals surface area contributed by atoms with E-state index in [4.69, 9.17) is 19.9 Å². The molecule has 3 heterocycles. The fraction of sp³-hybridized carbons (Fsp3) is 0.0227. The van der Waals surface area contributed by atoms with Crippen molar-refractivity contribution in [3.63, 3.8) is 0 Å². The molecule has 424 valence electrons. The Morgan fingerprint density at radius 3 is 1.02 bits per heavy atom. The van der Waals surface area contributed by atoms with Crippen LogP contribution in [0.1, 0.15) is 44.5 Å². The molecular formula is C88H52N4. The van der Waals surface area contributed by atoms with Crippen LogP contribution in [0.3, 0.4) is 0 Å². The number of benzene rings is 13. The van der Waals surface area contributed by atoms with Gasteiger partial charge in [0, 0.05) is 45.2 Å². The van der Waals surface area contributed by atoms with Crippen molar-refractivity contribution in [2.45, 2.75) is 10.8 Å². The van der Waals surface area contributed by atoms with Crippen LogP contribution in [0.4, 0.5) is 0 Å². The molecule has 0 radical (unpaired) electrons. The van der Waals surface area contributed by atoms with Gasteiger partial charge in [-0.05, 0) is 176 Å². The Morgan fingerprint density at radius 2 is 0.565 bits per heavy atom. The van der Waals surface area contributed by atoms with E-state index in [2.05, 4.69) is 297 Å². The summed E-state index contributed by atoms with van der Waals surface area (Å²) in [5.41, 5.74) is 34.0. The maximum Gasteiger partial charge on any atom is 0.160 e. The van der Waals surface area contributed by atoms with E-state index in [0.717, 1.165) is 94.0 Å². The van der Waals surface area contributed by atoms with E-state index in [1.54, 1.807) is 0 Å². The minimum atomic E-state index is -0.547. The lowest BCUT2D eigenvalue weighted by molar-refractivity contribution is 0.794. The Hall–Kier alpha value is -12.0. The monoisotopic (exact) mass is 1160 g/mol. The van der Waals surface area contributed by atoms with Crippen LogP contribution in [-0.4, -0.2) is 19.9 Å². The molecule has 0 fully saturated rings. The highest BCUT2D eigenvalue weighted by Crippen LogP contribution is 2.65. The summed E-state index contributed by atoms with van der Waals surface area (Å²) in [6.45, 7) is 0. The third-order valence-electron chi connectivity index (χ3n) is 20.7. The maximum atomic E-state index is 5.85. The summed E-state index contributed by atoms with van der Waals surface area (Å²) in [5, 5.41) is 3.19. The van der Waals surface area contributed by atoms with Crippen LogP contribution in [0, 0.1) is 0 Å². The van der Waals surface area contributed by atoms with Gasteiger partial charge < -0.3 is 0 Å². The smallest absolute Gasteiger partial charge is 0.160 e. The second kappa shape index (κ2) is 19.3. The lowest BCUT2D eigenvalue weighted by Crippen LogP contribution is -2.25. The predicted molar refractivity (Wildman–Crippen MR) is 375 cm³/mol. The number of nitrogens with zero attached hydrogens (tertiary/aromatic N) is 4. The van der Waals surface area contributed by atoms with Crippen molar-refractivity contribution in [2.75, 3.05) is 0 Å². The fourth-order valence-electron chi connectivity index (χ4n) is 16.8. The number of hydrogen-bond donors (Lipinski definition) is 0. The molecule has 16 aromatic rings. The van der Waals surface area contributed by atoms with E-state index in [1.165, 1.54) is 89.0 Å². The van der Waals surface area contributed by atoms with Crippen LogP contribution in [0.2, 0.25) is 0 Å². The van der Waals surface area contributed by atoms with Gasteiger partial charge in [-0.25, -0.2) is 9.97 Å². The van der Waals surface area contributed by atoms with Gasteiger partial charge in [0.2, 0.25) is 0 Å². The van der Waals surface area contributed by atoms with Crippen LogP contribution in [0.25, 0.3) is 144 Å². The highest BCUT2D eigenvalue weighted by Gasteiger charge is 2.53. The van der Waals surface area contributed by atoms with Gasteiger partial charge >= 0.3 is 0 Å². The molecule has 4 aliphatic rings. The van der Waals surface area contributed by atoms with Crippen molar-refractivity contribution in [1.82, 2.24) is 19.9 Å². The molecular weight excluding hydrogens is 1110 g/mol. The van der Waals surface area contributed by atoms with Gasteiger partial charge in [-0.3, -0.25) is 9.97 Å². The molecule has 2 spiro atoms. The molecule has 0 bridgehead atoms. The van der Waals surface area contributed by atoms with E-state index in [9.17, 15) is 0 Å². The largest absolute Gasteiger partial charge is 0.256 e. The van der Waals surface area contributed by atoms with Gasteiger partial charge in [0.05, 0.1) is 33.1 Å². The lowest BCUT2D eigenvalue weighted by atomic mass is 9.70. The summed E-state index contributed by atoms with van der Waals surface area (Å²) in [4.78, 5) is 21.1. The number of fused-ring (bicyclic) bond motifs is 23. The zero-order valence-corrected chi connectivity index (χ0v) is 49.8. The molecule has 0 aliphatic heterocycles. The van der Waals surface area contributed by atoms with Crippen molar-refractivity contribution in [3.05, 3.63) is 360 Å². The van der Waals surface area contributed by atoms with Crippen molar-refractivity contribution in [1.29, 1.82) is 0 Å². The first-order valence-electron chi connectivity index (χ1n) is 31.7. The van der Waals surface area contributed by atoms with E-state index in [-0.39, 0.29) is 0 Å². The number of rotatable bonds is 6. The molecule has 3 aromatic heterocycles. The Kier molecular flexibility index (Phi) is 10.7. The molecule has 0 saturated carbocycles. The normalized spacial score (nSPS) is 13.6. The molecule has 0 unspecified atom stereocenters. The van der Waals surface area contributed by atoms with E-state index in [0.29, 0.717) is 5.82 Å². The van der Waals surface area contributed by atoms with Gasteiger partial charge in [0.25, 0.3) is 0 Å². The maximum absolute atomic E-state index is 5.85. The molecule has 20 rings (SSSR count). The molecule has 0 atom stereocenters. The Balaban J connectivity index is 0.860. The number of para-hydroxylation sites is 2. The first kappa shape index (κ1) is 51.0. The van der Waals surface area contributed by atoms with Crippen LogP contribution >= 0.6 is 0 Å². The second-order valence-electron chi connectivity index (χ2n) is 25.0. The fourth-order valence-corrected chi connectivity index (χ4v) is 16.8. The number of aromatic nitrogens is 4. The minimum absolute atomic E-state index is 0.517. The first-order valence-corrected chi connectivity index (χ1v) is 31.7. The van der Waals surface area contributed by atoms with Crippen molar-refractivity contribution in [2.24, 2.45) is 0 Å². The quantitative estimate of drug-likeness (QED) is 0.166. The minimum Gasteiger partial charge on any atom is -0.256 e. The van der Waals surface area contributed by atoms with Gasteiger partial charge in [-0.2, -0.15) is 0 Å². The Bertz CT molecular complexity index is 5700. The Labute approximate surface area is 532 Å². The first-order chi connectivity index (χ1) is 45.6. The summed E-state index contributed by atoms with van der Waals surface area (Å²) in [6.07, 6.45) is 3.81. The summed E-state index contributed by atoms with van der Waals surface area (Å²) in [7, 11) is 0. The van der Waals surface area contributed by atoms with Gasteiger partial charge in [-0.1, -0.05) is 255 Å². The molecule has 4 heteroatoms. The molecule has 92 heavy (non-hydrogen) atoms. The SMILES string of the molecule is c1ccc2c(c1)-c1ccccc1C21c2ccccc2-c2ccc(-c3cc(-c4ccc5c(c4)C4(c6ccccc6-c6ccccc64)c4ccccc4-5)c4nc(-c5ccc(-c6ccnc7ccccc67)cc5)nc(-c5ccc(-c6ccnc7ccccc67)cc5)c4c3)cc21. The van der Waals surface area contributed by atoms with Crippen molar-refractivity contribution in [3.8, 4) is 112 Å². The van der Waals surface area contributed by atoms with Crippen LogP contribution in [0.15, 0.2) is 316 Å². The average Bonchev–Trinajstić information content (AvgIpc) is 1.52. The standard InChI is InChI=1S/C88H52N4/c1-9-25-74-62(17-1)63-18-2-10-26-75(63)87(74)78-29-13-5-21-66(78)68-43-41-57(51-80(68)87)59-49-72(58-42-44-69-67-22-6-14-30-79(67)88(81(69)52-58)76-27-11-3-19-64(76)65-20-4-12-28-77(65)88)85-73(50-59)84(55-37-33-53(34-38-55)60-45-47-89-82-31-15-7-23-70(60)82)91-86(92-85)56-39-35-54(36-40-56)61-46-48-90-83-32-16-8-24-71(61)83/h1-52H. The molecule has 0 saturated heterocycles. The molecule has 13 aromatic carbocycles. The lowest BCUT2D eigenvalue weighted by Gasteiger charge is -2.31. The number of hydrogen-bond acceptors (Lipinski definition) is 4. The van der Waals surface area contributed by atoms with Crippen LogP contribution in [0.5, 0.6) is 0 Å². The molecule has 4 aliphatic carbocycles. The van der Waals surface area contributed by atoms with Crippen molar-refractivity contribution >= 4 is 32.7 Å². The molecule has 0 amide bonds. The summed E-state index contributed by atoms with van der Waals surface area (Å²) in [6, 6.07) is 113. The Morgan fingerprint density at radius 1 is 0.207 bits per heavy atom. The van der Waals surface area contributed by atoms with Crippen LogP contribution < -0.4 is 0 Å². The predicted octanol–water partition coefficient (Wildman–Crippen LogP) is 21.4. The zero-order chi connectivity index (χ0) is 60.2. The second-order valence-corrected chi connectivity index (χ2v) is 25.0. The summed E-state index contributed by atoms with van der Waals surface area (Å²) >= 11 is 0. The molecule has 4 nitrogen and oxygen atoms in total. The third kappa shape index (κ3) is 6.95. The van der Waals surface area contributed by atoms with Gasteiger partial charge in [0.15, 0.2) is 5.82 Å². The van der Waals surface area contributed by atoms with Crippen molar-refractivity contribution < 1.29 is 0 Å². The highest BCUT2D eigenvalue weighted by molar-refractivity contribution is 6.07. The third-order valence-corrected chi connectivity index (χ3v) is 20.7. The van der Waals surface area contributed by atoms with E-state index in [1.807, 2.05) is 18.5 Å². The number of pyridine rings is 2. The average molecular weight is 1170 g/mol. The van der Waals surface area contributed by atoms with Gasteiger partial charge in [0.1, 0.15) is 0 Å². The van der Waals surface area contributed by atoms with E-state index < -0.39 is 10.8 Å². The highest BCUT2D eigenvalue weighted by atomic mass is 14.9. The summed E-state index contributed by atoms with van der Waals surface area (Å²) in [5.74, 6) is 0.649. The molecule has 0 N–H and O–H groups in total. The van der Waals surface area contributed by atoms with Gasteiger partial charge in [-0.15, -0.1) is 0 Å². The topological polar surface area (TPSA) is 51.6 Å².